The standard InChI is InChI=1S/C19H22N2/c1-14-3-5-16(6-4-14)11-17-7-9-18(10-8-17)19-20-12-15(2)13-21-19/h3,7-10,12-13,16H,4-6,11H2,1-2H3. The van der Waals surface area contributed by atoms with Crippen LogP contribution in [0.1, 0.15) is 37.3 Å². The molecule has 0 saturated heterocycles. The van der Waals surface area contributed by atoms with Crippen LogP contribution in [0, 0.1) is 12.8 Å². The van der Waals surface area contributed by atoms with Crippen LogP contribution in [-0.4, -0.2) is 9.97 Å². The minimum Gasteiger partial charge on any atom is -0.236 e. The molecule has 2 nitrogen and oxygen atoms in total. The highest BCUT2D eigenvalue weighted by molar-refractivity contribution is 5.55. The molecule has 0 spiro atoms. The van der Waals surface area contributed by atoms with Crippen molar-refractivity contribution in [2.24, 2.45) is 5.92 Å². The van der Waals surface area contributed by atoms with Crippen molar-refractivity contribution in [3.8, 4) is 11.4 Å². The highest BCUT2D eigenvalue weighted by Crippen LogP contribution is 2.26. The fourth-order valence-corrected chi connectivity index (χ4v) is 2.87. The van der Waals surface area contributed by atoms with E-state index in [0.29, 0.717) is 0 Å². The Morgan fingerprint density at radius 1 is 1.05 bits per heavy atom. The van der Waals surface area contributed by atoms with Gasteiger partial charge in [-0.1, -0.05) is 35.9 Å². The van der Waals surface area contributed by atoms with Gasteiger partial charge in [-0.2, -0.15) is 0 Å². The molecule has 1 unspecified atom stereocenters. The van der Waals surface area contributed by atoms with Crippen molar-refractivity contribution >= 4 is 0 Å². The van der Waals surface area contributed by atoms with E-state index >= 15 is 0 Å². The van der Waals surface area contributed by atoms with Crippen LogP contribution in [0.15, 0.2) is 48.3 Å². The lowest BCUT2D eigenvalue weighted by atomic mass is 9.86. The summed E-state index contributed by atoms with van der Waals surface area (Å²) in [6.07, 6.45) is 11.1. The number of aryl methyl sites for hydroxylation is 1. The molecule has 2 aromatic rings. The van der Waals surface area contributed by atoms with Gasteiger partial charge in [-0.15, -0.1) is 0 Å². The SMILES string of the molecule is CC1=CCC(Cc2ccc(-c3ncc(C)cn3)cc2)CC1. The summed E-state index contributed by atoms with van der Waals surface area (Å²) >= 11 is 0. The molecule has 1 atom stereocenters. The van der Waals surface area contributed by atoms with Gasteiger partial charge < -0.3 is 0 Å². The van der Waals surface area contributed by atoms with E-state index in [0.717, 1.165) is 22.9 Å². The van der Waals surface area contributed by atoms with Crippen molar-refractivity contribution in [3.63, 3.8) is 0 Å². The van der Waals surface area contributed by atoms with E-state index in [1.807, 2.05) is 19.3 Å². The Kier molecular flexibility index (Phi) is 4.14. The maximum atomic E-state index is 4.38. The highest BCUT2D eigenvalue weighted by Gasteiger charge is 2.13. The fraction of sp³-hybridized carbons (Fsp3) is 0.368. The second-order valence-electron chi connectivity index (χ2n) is 6.18. The summed E-state index contributed by atoms with van der Waals surface area (Å²) in [6.45, 7) is 4.25. The molecule has 1 aromatic carbocycles. The zero-order valence-corrected chi connectivity index (χ0v) is 12.8. The van der Waals surface area contributed by atoms with E-state index in [1.165, 1.54) is 31.2 Å². The first kappa shape index (κ1) is 14.0. The molecule has 0 aliphatic heterocycles. The van der Waals surface area contributed by atoms with Gasteiger partial charge in [0, 0.05) is 18.0 Å². The molecule has 0 saturated carbocycles. The quantitative estimate of drug-likeness (QED) is 0.758. The van der Waals surface area contributed by atoms with Crippen LogP contribution in [0.2, 0.25) is 0 Å². The van der Waals surface area contributed by atoms with Crippen LogP contribution in [-0.2, 0) is 6.42 Å². The van der Waals surface area contributed by atoms with E-state index in [-0.39, 0.29) is 0 Å². The van der Waals surface area contributed by atoms with E-state index in [9.17, 15) is 0 Å². The van der Waals surface area contributed by atoms with Gasteiger partial charge in [0.05, 0.1) is 0 Å². The van der Waals surface area contributed by atoms with Crippen LogP contribution in [0.5, 0.6) is 0 Å². The van der Waals surface area contributed by atoms with Crippen LogP contribution >= 0.6 is 0 Å². The largest absolute Gasteiger partial charge is 0.236 e. The zero-order chi connectivity index (χ0) is 14.7. The van der Waals surface area contributed by atoms with Crippen LogP contribution in [0.4, 0.5) is 0 Å². The molecule has 21 heavy (non-hydrogen) atoms. The summed E-state index contributed by atoms with van der Waals surface area (Å²) in [5, 5.41) is 0. The average Bonchev–Trinajstić information content (AvgIpc) is 2.51. The molecule has 3 rings (SSSR count). The maximum Gasteiger partial charge on any atom is 0.159 e. The van der Waals surface area contributed by atoms with Crippen molar-refractivity contribution in [1.29, 1.82) is 0 Å². The first-order valence-corrected chi connectivity index (χ1v) is 7.74. The first-order chi connectivity index (χ1) is 10.2. The minimum absolute atomic E-state index is 0.801. The zero-order valence-electron chi connectivity index (χ0n) is 12.8. The normalized spacial score (nSPS) is 18.4. The van der Waals surface area contributed by atoms with Crippen LogP contribution in [0.3, 0.4) is 0 Å². The third-order valence-corrected chi connectivity index (χ3v) is 4.26. The first-order valence-electron chi connectivity index (χ1n) is 7.74. The molecule has 1 aromatic heterocycles. The van der Waals surface area contributed by atoms with E-state index in [2.05, 4.69) is 47.2 Å². The van der Waals surface area contributed by atoms with Crippen molar-refractivity contribution < 1.29 is 0 Å². The Morgan fingerprint density at radius 2 is 1.76 bits per heavy atom. The van der Waals surface area contributed by atoms with Gasteiger partial charge in [-0.3, -0.25) is 0 Å². The van der Waals surface area contributed by atoms with Crippen molar-refractivity contribution in [1.82, 2.24) is 9.97 Å². The highest BCUT2D eigenvalue weighted by atomic mass is 14.9. The molecular weight excluding hydrogens is 256 g/mol. The van der Waals surface area contributed by atoms with Crippen molar-refractivity contribution in [2.75, 3.05) is 0 Å². The van der Waals surface area contributed by atoms with E-state index < -0.39 is 0 Å². The Hall–Kier alpha value is -1.96. The van der Waals surface area contributed by atoms with Crippen molar-refractivity contribution in [2.45, 2.75) is 39.5 Å². The van der Waals surface area contributed by atoms with Gasteiger partial charge in [0.2, 0.25) is 0 Å². The summed E-state index contributed by atoms with van der Waals surface area (Å²) in [5.74, 6) is 1.61. The van der Waals surface area contributed by atoms with Gasteiger partial charge >= 0.3 is 0 Å². The van der Waals surface area contributed by atoms with Gasteiger partial charge in [0.25, 0.3) is 0 Å². The Morgan fingerprint density at radius 3 is 2.38 bits per heavy atom. The van der Waals surface area contributed by atoms with E-state index in [4.69, 9.17) is 0 Å². The fourth-order valence-electron chi connectivity index (χ4n) is 2.87. The number of rotatable bonds is 3. The molecule has 108 valence electrons. The lowest BCUT2D eigenvalue weighted by Gasteiger charge is -2.20. The van der Waals surface area contributed by atoms with E-state index in [1.54, 1.807) is 5.57 Å². The minimum atomic E-state index is 0.801. The molecule has 0 bridgehead atoms. The molecule has 1 aliphatic carbocycles. The summed E-state index contributed by atoms with van der Waals surface area (Å²) < 4.78 is 0. The maximum absolute atomic E-state index is 4.38. The lowest BCUT2D eigenvalue weighted by molar-refractivity contribution is 0.467. The van der Waals surface area contributed by atoms with Gasteiger partial charge in [-0.05, 0) is 56.6 Å². The monoisotopic (exact) mass is 278 g/mol. The number of hydrogen-bond acceptors (Lipinski definition) is 2. The topological polar surface area (TPSA) is 25.8 Å². The van der Waals surface area contributed by atoms with Gasteiger partial charge in [0.15, 0.2) is 5.82 Å². The molecular formula is C19H22N2. The predicted octanol–water partition coefficient (Wildman–Crippen LogP) is 4.74. The molecule has 0 N–H and O–H groups in total. The Bertz CT molecular complexity index is 624. The third kappa shape index (κ3) is 3.57. The lowest BCUT2D eigenvalue weighted by Crippen LogP contribution is -2.08. The predicted molar refractivity (Wildman–Crippen MR) is 87.0 cm³/mol. The second kappa shape index (κ2) is 6.21. The Labute approximate surface area is 127 Å². The molecule has 1 heterocycles. The molecule has 0 fully saturated rings. The molecule has 2 heteroatoms. The molecule has 0 amide bonds. The van der Waals surface area contributed by atoms with Crippen molar-refractivity contribution in [3.05, 3.63) is 59.4 Å². The summed E-state index contributed by atoms with van der Waals surface area (Å²) in [4.78, 5) is 8.77. The van der Waals surface area contributed by atoms with Gasteiger partial charge in [-0.25, -0.2) is 9.97 Å². The van der Waals surface area contributed by atoms with Gasteiger partial charge in [0.1, 0.15) is 0 Å². The number of nitrogens with zero attached hydrogens (tertiary/aromatic N) is 2. The Balaban J connectivity index is 1.68. The smallest absolute Gasteiger partial charge is 0.159 e. The number of hydrogen-bond donors (Lipinski definition) is 0. The summed E-state index contributed by atoms with van der Waals surface area (Å²) in [7, 11) is 0. The number of aromatic nitrogens is 2. The molecule has 0 radical (unpaired) electrons. The summed E-state index contributed by atoms with van der Waals surface area (Å²) in [5.41, 5.74) is 5.16. The average molecular weight is 278 g/mol. The number of benzene rings is 1. The van der Waals surface area contributed by atoms with Crippen LogP contribution < -0.4 is 0 Å². The van der Waals surface area contributed by atoms with Crippen LogP contribution in [0.25, 0.3) is 11.4 Å². The second-order valence-corrected chi connectivity index (χ2v) is 6.18. The third-order valence-electron chi connectivity index (χ3n) is 4.26. The summed E-state index contributed by atoms with van der Waals surface area (Å²) in [6, 6.07) is 8.74. The molecule has 1 aliphatic rings. The number of allylic oxidation sites excluding steroid dienone is 2.